The van der Waals surface area contributed by atoms with Crippen molar-refractivity contribution in [3.8, 4) is 0 Å². The van der Waals surface area contributed by atoms with Crippen LogP contribution >= 0.6 is 0 Å². The van der Waals surface area contributed by atoms with E-state index in [9.17, 15) is 18.7 Å². The molecule has 0 radical (unpaired) electrons. The standard InChI is InChI=1S/C12H16F2N2O3/c1-12(18,4-6-19-2)7-16-11(17)8-3-5-15-10(14)9(8)13/h3,5,18H,4,6-7H2,1-2H3,(H,16,17). The van der Waals surface area contributed by atoms with Crippen LogP contribution in [0.5, 0.6) is 0 Å². The molecule has 0 spiro atoms. The van der Waals surface area contributed by atoms with Crippen molar-refractivity contribution in [2.24, 2.45) is 0 Å². The van der Waals surface area contributed by atoms with Crippen molar-refractivity contribution in [3.63, 3.8) is 0 Å². The lowest BCUT2D eigenvalue weighted by molar-refractivity contribution is 0.0243. The molecule has 19 heavy (non-hydrogen) atoms. The van der Waals surface area contributed by atoms with Gasteiger partial charge in [0.15, 0.2) is 5.82 Å². The first-order valence-electron chi connectivity index (χ1n) is 5.67. The number of aromatic nitrogens is 1. The van der Waals surface area contributed by atoms with Crippen LogP contribution in [0.1, 0.15) is 23.7 Å². The van der Waals surface area contributed by atoms with Crippen LogP contribution in [-0.4, -0.2) is 41.9 Å². The fourth-order valence-corrected chi connectivity index (χ4v) is 1.37. The summed E-state index contributed by atoms with van der Waals surface area (Å²) >= 11 is 0. The molecule has 1 unspecified atom stereocenters. The van der Waals surface area contributed by atoms with Gasteiger partial charge in [0.2, 0.25) is 5.95 Å². The third-order valence-electron chi connectivity index (χ3n) is 2.57. The highest BCUT2D eigenvalue weighted by atomic mass is 19.2. The van der Waals surface area contributed by atoms with Crippen molar-refractivity contribution in [1.82, 2.24) is 10.3 Å². The summed E-state index contributed by atoms with van der Waals surface area (Å²) in [6.07, 6.45) is 1.30. The number of aliphatic hydroxyl groups is 1. The molecule has 2 N–H and O–H groups in total. The van der Waals surface area contributed by atoms with Crippen LogP contribution in [0.15, 0.2) is 12.3 Å². The lowest BCUT2D eigenvalue weighted by Gasteiger charge is -2.23. The molecule has 1 aromatic rings. The summed E-state index contributed by atoms with van der Waals surface area (Å²) in [5.41, 5.74) is -1.64. The summed E-state index contributed by atoms with van der Waals surface area (Å²) in [6.45, 7) is 1.73. The molecule has 5 nitrogen and oxygen atoms in total. The minimum absolute atomic E-state index is 0.0986. The smallest absolute Gasteiger partial charge is 0.254 e. The molecule has 1 aromatic heterocycles. The maximum Gasteiger partial charge on any atom is 0.254 e. The Labute approximate surface area is 109 Å². The fourth-order valence-electron chi connectivity index (χ4n) is 1.37. The van der Waals surface area contributed by atoms with Gasteiger partial charge in [-0.05, 0) is 13.0 Å². The molecule has 106 valence electrons. The van der Waals surface area contributed by atoms with Crippen molar-refractivity contribution >= 4 is 5.91 Å². The van der Waals surface area contributed by atoms with Crippen LogP contribution in [0.25, 0.3) is 0 Å². The fraction of sp³-hybridized carbons (Fsp3) is 0.500. The molecule has 0 bridgehead atoms. The molecule has 1 rings (SSSR count). The van der Waals surface area contributed by atoms with Crippen LogP contribution in [0.3, 0.4) is 0 Å². The minimum atomic E-state index is -1.33. The summed E-state index contributed by atoms with van der Waals surface area (Å²) in [6, 6.07) is 1.07. The number of carbonyl (C=O) groups is 1. The Balaban J connectivity index is 2.63. The Morgan fingerprint density at radius 1 is 1.58 bits per heavy atom. The normalized spacial score (nSPS) is 13.9. The van der Waals surface area contributed by atoms with E-state index in [1.807, 2.05) is 0 Å². The first kappa shape index (κ1) is 15.5. The van der Waals surface area contributed by atoms with E-state index in [0.717, 1.165) is 12.3 Å². The van der Waals surface area contributed by atoms with Crippen LogP contribution in [0, 0.1) is 11.8 Å². The lowest BCUT2D eigenvalue weighted by atomic mass is 10.0. The number of rotatable bonds is 6. The van der Waals surface area contributed by atoms with Crippen LogP contribution in [0.2, 0.25) is 0 Å². The Bertz CT molecular complexity index is 453. The number of carbonyl (C=O) groups excluding carboxylic acids is 1. The van der Waals surface area contributed by atoms with E-state index < -0.39 is 28.8 Å². The summed E-state index contributed by atoms with van der Waals surface area (Å²) < 4.78 is 31.0. The van der Waals surface area contributed by atoms with E-state index in [-0.39, 0.29) is 6.54 Å². The number of nitrogens with zero attached hydrogens (tertiary/aromatic N) is 1. The first-order chi connectivity index (χ1) is 8.87. The van der Waals surface area contributed by atoms with E-state index in [4.69, 9.17) is 4.74 Å². The molecule has 0 saturated heterocycles. The highest BCUT2D eigenvalue weighted by Gasteiger charge is 2.23. The molecule has 0 aliphatic rings. The van der Waals surface area contributed by atoms with Gasteiger partial charge < -0.3 is 15.2 Å². The predicted octanol–water partition coefficient (Wildman–Crippen LogP) is 0.877. The van der Waals surface area contributed by atoms with Crippen molar-refractivity contribution < 1.29 is 23.4 Å². The van der Waals surface area contributed by atoms with Gasteiger partial charge in [-0.25, -0.2) is 9.37 Å². The van der Waals surface area contributed by atoms with E-state index in [1.54, 1.807) is 0 Å². The molecular weight excluding hydrogens is 258 g/mol. The number of amides is 1. The van der Waals surface area contributed by atoms with Gasteiger partial charge in [-0.3, -0.25) is 4.79 Å². The van der Waals surface area contributed by atoms with Gasteiger partial charge in [-0.2, -0.15) is 4.39 Å². The average molecular weight is 274 g/mol. The van der Waals surface area contributed by atoms with E-state index in [0.29, 0.717) is 13.0 Å². The van der Waals surface area contributed by atoms with Gasteiger partial charge in [-0.1, -0.05) is 0 Å². The zero-order valence-corrected chi connectivity index (χ0v) is 10.7. The van der Waals surface area contributed by atoms with Gasteiger partial charge in [0, 0.05) is 32.9 Å². The molecule has 0 aromatic carbocycles. The number of halogens is 2. The van der Waals surface area contributed by atoms with E-state index >= 15 is 0 Å². The number of methoxy groups -OCH3 is 1. The maximum absolute atomic E-state index is 13.3. The molecule has 0 aliphatic carbocycles. The maximum atomic E-state index is 13.3. The Morgan fingerprint density at radius 3 is 2.89 bits per heavy atom. The van der Waals surface area contributed by atoms with Gasteiger partial charge in [0.1, 0.15) is 0 Å². The topological polar surface area (TPSA) is 71.5 Å². The summed E-state index contributed by atoms with van der Waals surface area (Å²) in [5, 5.41) is 12.2. The van der Waals surface area contributed by atoms with Crippen molar-refractivity contribution in [3.05, 3.63) is 29.6 Å². The predicted molar refractivity (Wildman–Crippen MR) is 63.6 cm³/mol. The molecule has 0 fully saturated rings. The lowest BCUT2D eigenvalue weighted by Crippen LogP contribution is -2.41. The molecule has 0 saturated carbocycles. The third kappa shape index (κ3) is 4.53. The van der Waals surface area contributed by atoms with Crippen molar-refractivity contribution in [2.75, 3.05) is 20.3 Å². The second-order valence-electron chi connectivity index (χ2n) is 4.39. The highest BCUT2D eigenvalue weighted by Crippen LogP contribution is 2.11. The molecule has 7 heteroatoms. The molecular formula is C12H16F2N2O3. The Hall–Kier alpha value is -1.60. The quantitative estimate of drug-likeness (QED) is 0.755. The Morgan fingerprint density at radius 2 is 2.26 bits per heavy atom. The monoisotopic (exact) mass is 274 g/mol. The van der Waals surface area contributed by atoms with Crippen molar-refractivity contribution in [2.45, 2.75) is 18.9 Å². The van der Waals surface area contributed by atoms with Crippen LogP contribution in [-0.2, 0) is 4.74 Å². The van der Waals surface area contributed by atoms with Gasteiger partial charge >= 0.3 is 0 Å². The minimum Gasteiger partial charge on any atom is -0.388 e. The molecule has 1 atom stereocenters. The van der Waals surface area contributed by atoms with Crippen LogP contribution < -0.4 is 5.32 Å². The first-order valence-corrected chi connectivity index (χ1v) is 5.67. The summed E-state index contributed by atoms with van der Waals surface area (Å²) in [7, 11) is 1.49. The molecule has 0 aliphatic heterocycles. The van der Waals surface area contributed by atoms with E-state index in [1.165, 1.54) is 14.0 Å². The summed E-state index contributed by atoms with van der Waals surface area (Å²) in [5.74, 6) is -3.45. The number of pyridine rings is 1. The zero-order chi connectivity index (χ0) is 14.5. The average Bonchev–Trinajstić information content (AvgIpc) is 2.37. The second-order valence-corrected chi connectivity index (χ2v) is 4.39. The van der Waals surface area contributed by atoms with Gasteiger partial charge in [0.05, 0.1) is 11.2 Å². The highest BCUT2D eigenvalue weighted by molar-refractivity contribution is 5.94. The molecule has 1 amide bonds. The SMILES string of the molecule is COCCC(C)(O)CNC(=O)c1ccnc(F)c1F. The Kier molecular flexibility index (Phi) is 5.31. The van der Waals surface area contributed by atoms with Gasteiger partial charge in [0.25, 0.3) is 5.91 Å². The molecule has 1 heterocycles. The van der Waals surface area contributed by atoms with Crippen molar-refractivity contribution in [1.29, 1.82) is 0 Å². The third-order valence-corrected chi connectivity index (χ3v) is 2.57. The van der Waals surface area contributed by atoms with E-state index in [2.05, 4.69) is 10.3 Å². The largest absolute Gasteiger partial charge is 0.388 e. The zero-order valence-electron chi connectivity index (χ0n) is 10.7. The van der Waals surface area contributed by atoms with Gasteiger partial charge in [-0.15, -0.1) is 0 Å². The number of nitrogens with one attached hydrogen (secondary N) is 1. The number of hydrogen-bond donors (Lipinski definition) is 2. The van der Waals surface area contributed by atoms with Crippen LogP contribution in [0.4, 0.5) is 8.78 Å². The number of ether oxygens (including phenoxy) is 1. The summed E-state index contributed by atoms with van der Waals surface area (Å²) in [4.78, 5) is 14.7. The second kappa shape index (κ2) is 6.53. The number of hydrogen-bond acceptors (Lipinski definition) is 4.